The van der Waals surface area contributed by atoms with Crippen molar-refractivity contribution >= 4 is 11.7 Å². The minimum absolute atomic E-state index is 0.0896. The lowest BCUT2D eigenvalue weighted by atomic mass is 10.1. The number of nitrogens with one attached hydrogen (secondary N) is 1. The Kier molecular flexibility index (Phi) is 4.46. The SMILES string of the molecule is COc1ccc(C)cc1NC(=O)N1CCCC1c1ccncc1. The number of methoxy groups -OCH3 is 1. The number of carbonyl (C=O) groups is 1. The number of likely N-dealkylation sites (tertiary alicyclic amines) is 1. The Labute approximate surface area is 136 Å². The molecule has 2 amide bonds. The van der Waals surface area contributed by atoms with E-state index >= 15 is 0 Å². The standard InChI is InChI=1S/C18H21N3O2/c1-13-5-6-17(23-2)15(12-13)20-18(22)21-11-3-4-16(21)14-7-9-19-10-8-14/h5-10,12,16H,3-4,11H2,1-2H3,(H,20,22). The van der Waals surface area contributed by atoms with E-state index in [4.69, 9.17) is 4.74 Å². The second kappa shape index (κ2) is 6.69. The molecule has 0 bridgehead atoms. The van der Waals surface area contributed by atoms with E-state index in [-0.39, 0.29) is 12.1 Å². The topological polar surface area (TPSA) is 54.5 Å². The van der Waals surface area contributed by atoms with E-state index in [1.165, 1.54) is 0 Å². The van der Waals surface area contributed by atoms with E-state index in [0.717, 1.165) is 30.5 Å². The van der Waals surface area contributed by atoms with Crippen molar-refractivity contribution in [2.24, 2.45) is 0 Å². The van der Waals surface area contributed by atoms with Gasteiger partial charge in [0.25, 0.3) is 0 Å². The summed E-state index contributed by atoms with van der Waals surface area (Å²) in [6, 6.07) is 9.72. The highest BCUT2D eigenvalue weighted by Crippen LogP contribution is 2.33. The Morgan fingerprint density at radius 3 is 2.83 bits per heavy atom. The maximum Gasteiger partial charge on any atom is 0.322 e. The minimum atomic E-state index is -0.0896. The quantitative estimate of drug-likeness (QED) is 0.939. The highest BCUT2D eigenvalue weighted by molar-refractivity contribution is 5.91. The first-order chi connectivity index (χ1) is 11.2. The number of aromatic nitrogens is 1. The number of nitrogens with zero attached hydrogens (tertiary/aromatic N) is 2. The van der Waals surface area contributed by atoms with E-state index in [1.54, 1.807) is 19.5 Å². The van der Waals surface area contributed by atoms with E-state index in [2.05, 4.69) is 10.3 Å². The van der Waals surface area contributed by atoms with Crippen molar-refractivity contribution in [2.45, 2.75) is 25.8 Å². The maximum atomic E-state index is 12.7. The zero-order valence-electron chi connectivity index (χ0n) is 13.5. The first kappa shape index (κ1) is 15.3. The van der Waals surface area contributed by atoms with Crippen LogP contribution in [0.5, 0.6) is 5.75 Å². The largest absolute Gasteiger partial charge is 0.495 e. The fourth-order valence-electron chi connectivity index (χ4n) is 3.05. The summed E-state index contributed by atoms with van der Waals surface area (Å²) in [6.07, 6.45) is 5.52. The van der Waals surface area contributed by atoms with Crippen molar-refractivity contribution < 1.29 is 9.53 Å². The molecule has 2 heterocycles. The molecule has 1 aromatic carbocycles. The molecular formula is C18H21N3O2. The first-order valence-electron chi connectivity index (χ1n) is 7.81. The lowest BCUT2D eigenvalue weighted by Gasteiger charge is -2.25. The number of urea groups is 1. The summed E-state index contributed by atoms with van der Waals surface area (Å²) in [7, 11) is 1.61. The summed E-state index contributed by atoms with van der Waals surface area (Å²) in [5.41, 5.74) is 2.91. The van der Waals surface area contributed by atoms with Gasteiger partial charge in [-0.3, -0.25) is 4.98 Å². The summed E-state index contributed by atoms with van der Waals surface area (Å²) in [4.78, 5) is 18.7. The third kappa shape index (κ3) is 3.28. The van der Waals surface area contributed by atoms with Gasteiger partial charge in [0.1, 0.15) is 5.75 Å². The highest BCUT2D eigenvalue weighted by Gasteiger charge is 2.30. The monoisotopic (exact) mass is 311 g/mol. The van der Waals surface area contributed by atoms with Crippen LogP contribution in [0.15, 0.2) is 42.7 Å². The molecule has 120 valence electrons. The lowest BCUT2D eigenvalue weighted by Crippen LogP contribution is -2.34. The van der Waals surface area contributed by atoms with Crippen LogP contribution in [0.1, 0.15) is 30.0 Å². The number of anilines is 1. The molecule has 2 aromatic rings. The zero-order chi connectivity index (χ0) is 16.2. The predicted molar refractivity (Wildman–Crippen MR) is 89.7 cm³/mol. The molecule has 1 aliphatic rings. The Hall–Kier alpha value is -2.56. The molecule has 5 nitrogen and oxygen atoms in total. The Bertz CT molecular complexity index is 688. The van der Waals surface area contributed by atoms with Crippen molar-refractivity contribution in [1.82, 2.24) is 9.88 Å². The summed E-state index contributed by atoms with van der Waals surface area (Å²) in [5, 5.41) is 2.99. The van der Waals surface area contributed by atoms with Gasteiger partial charge < -0.3 is 15.0 Å². The van der Waals surface area contributed by atoms with E-state index in [0.29, 0.717) is 11.4 Å². The van der Waals surface area contributed by atoms with Gasteiger partial charge in [0, 0.05) is 18.9 Å². The molecule has 23 heavy (non-hydrogen) atoms. The average molecular weight is 311 g/mol. The van der Waals surface area contributed by atoms with Gasteiger partial charge in [-0.2, -0.15) is 0 Å². The van der Waals surface area contributed by atoms with Gasteiger partial charge >= 0.3 is 6.03 Å². The Morgan fingerprint density at radius 1 is 1.30 bits per heavy atom. The molecule has 0 spiro atoms. The fraction of sp³-hybridized carbons (Fsp3) is 0.333. The summed E-state index contributed by atoms with van der Waals surface area (Å²) >= 11 is 0. The van der Waals surface area contributed by atoms with E-state index in [9.17, 15) is 4.79 Å². The molecule has 3 rings (SSSR count). The molecule has 1 saturated heterocycles. The van der Waals surface area contributed by atoms with Crippen LogP contribution in [0.25, 0.3) is 0 Å². The average Bonchev–Trinajstić information content (AvgIpc) is 3.05. The van der Waals surface area contributed by atoms with Crippen LogP contribution in [0.2, 0.25) is 0 Å². The van der Waals surface area contributed by atoms with Crippen LogP contribution >= 0.6 is 0 Å². The molecule has 0 aliphatic carbocycles. The number of rotatable bonds is 3. The molecular weight excluding hydrogens is 290 g/mol. The molecule has 1 N–H and O–H groups in total. The molecule has 0 saturated carbocycles. The zero-order valence-corrected chi connectivity index (χ0v) is 13.5. The number of hydrogen-bond acceptors (Lipinski definition) is 3. The fourth-order valence-corrected chi connectivity index (χ4v) is 3.05. The van der Waals surface area contributed by atoms with Gasteiger partial charge in [-0.25, -0.2) is 4.79 Å². The molecule has 1 aliphatic heterocycles. The number of amides is 2. The third-order valence-corrected chi connectivity index (χ3v) is 4.20. The van der Waals surface area contributed by atoms with Gasteiger partial charge in [-0.1, -0.05) is 6.07 Å². The van der Waals surface area contributed by atoms with Gasteiger partial charge in [0.2, 0.25) is 0 Å². The van der Waals surface area contributed by atoms with Gasteiger partial charge in [0.05, 0.1) is 18.8 Å². The molecule has 1 fully saturated rings. The number of hydrogen-bond donors (Lipinski definition) is 1. The van der Waals surface area contributed by atoms with E-state index < -0.39 is 0 Å². The van der Waals surface area contributed by atoms with Gasteiger partial charge in [0.15, 0.2) is 0 Å². The van der Waals surface area contributed by atoms with Crippen molar-refractivity contribution in [3.05, 3.63) is 53.9 Å². The Morgan fingerprint density at radius 2 is 2.09 bits per heavy atom. The molecule has 1 aromatic heterocycles. The molecule has 1 atom stereocenters. The predicted octanol–water partition coefficient (Wildman–Crippen LogP) is 3.77. The van der Waals surface area contributed by atoms with Crippen molar-refractivity contribution in [1.29, 1.82) is 0 Å². The van der Waals surface area contributed by atoms with Crippen LogP contribution in [-0.2, 0) is 0 Å². The number of ether oxygens (including phenoxy) is 1. The van der Waals surface area contributed by atoms with Crippen molar-refractivity contribution in [3.8, 4) is 5.75 Å². The van der Waals surface area contributed by atoms with Crippen LogP contribution in [0, 0.1) is 6.92 Å². The smallest absolute Gasteiger partial charge is 0.322 e. The summed E-state index contributed by atoms with van der Waals surface area (Å²) in [5.74, 6) is 0.670. The van der Waals surface area contributed by atoms with E-state index in [1.807, 2.05) is 42.2 Å². The minimum Gasteiger partial charge on any atom is -0.495 e. The number of carbonyl (C=O) groups excluding carboxylic acids is 1. The molecule has 1 unspecified atom stereocenters. The van der Waals surface area contributed by atoms with Crippen LogP contribution < -0.4 is 10.1 Å². The molecule has 5 heteroatoms. The lowest BCUT2D eigenvalue weighted by molar-refractivity contribution is 0.207. The summed E-state index contributed by atoms with van der Waals surface area (Å²) < 4.78 is 5.33. The second-order valence-electron chi connectivity index (χ2n) is 5.77. The highest BCUT2D eigenvalue weighted by atomic mass is 16.5. The number of pyridine rings is 1. The Balaban J connectivity index is 1.79. The first-order valence-corrected chi connectivity index (χ1v) is 7.81. The molecule has 0 radical (unpaired) electrons. The third-order valence-electron chi connectivity index (χ3n) is 4.20. The van der Waals surface area contributed by atoms with Crippen molar-refractivity contribution in [2.75, 3.05) is 19.0 Å². The van der Waals surface area contributed by atoms with Crippen LogP contribution in [0.4, 0.5) is 10.5 Å². The van der Waals surface area contributed by atoms with Gasteiger partial charge in [-0.05, 0) is 55.2 Å². The number of benzene rings is 1. The van der Waals surface area contributed by atoms with Crippen LogP contribution in [-0.4, -0.2) is 29.6 Å². The normalized spacial score (nSPS) is 17.1. The number of aryl methyl sites for hydroxylation is 1. The summed E-state index contributed by atoms with van der Waals surface area (Å²) in [6.45, 7) is 2.75. The second-order valence-corrected chi connectivity index (χ2v) is 5.77. The van der Waals surface area contributed by atoms with Crippen molar-refractivity contribution in [3.63, 3.8) is 0 Å². The van der Waals surface area contributed by atoms with Crippen LogP contribution in [0.3, 0.4) is 0 Å². The maximum absolute atomic E-state index is 12.7. The van der Waals surface area contributed by atoms with Gasteiger partial charge in [-0.15, -0.1) is 0 Å².